The molecule has 4 heterocycles. The molecule has 0 aromatic carbocycles. The predicted molar refractivity (Wildman–Crippen MR) is 112 cm³/mol. The van der Waals surface area contributed by atoms with E-state index in [0.29, 0.717) is 28.8 Å². The van der Waals surface area contributed by atoms with Gasteiger partial charge in [-0.2, -0.15) is 0 Å². The lowest BCUT2D eigenvalue weighted by Gasteiger charge is -2.32. The first-order valence-electron chi connectivity index (χ1n) is 10.4. The molecular formula is C21H24N8O. The molecule has 30 heavy (non-hydrogen) atoms. The summed E-state index contributed by atoms with van der Waals surface area (Å²) in [6.45, 7) is 3.85. The Bertz CT molecular complexity index is 1020. The number of nitrogens with zero attached hydrogens (tertiary/aromatic N) is 7. The lowest BCUT2D eigenvalue weighted by molar-refractivity contribution is 0.370. The number of rotatable bonds is 5. The van der Waals surface area contributed by atoms with Crippen molar-refractivity contribution in [2.24, 2.45) is 11.8 Å². The van der Waals surface area contributed by atoms with E-state index < -0.39 is 0 Å². The van der Waals surface area contributed by atoms with Crippen molar-refractivity contribution >= 4 is 17.5 Å². The zero-order chi connectivity index (χ0) is 20.5. The van der Waals surface area contributed by atoms with Crippen LogP contribution < -0.4 is 10.2 Å². The molecule has 3 aromatic heterocycles. The Morgan fingerprint density at radius 1 is 0.967 bits per heavy atom. The Labute approximate surface area is 174 Å². The van der Waals surface area contributed by atoms with E-state index in [-0.39, 0.29) is 5.75 Å². The summed E-state index contributed by atoms with van der Waals surface area (Å²) in [6, 6.07) is 1.57. The van der Waals surface area contributed by atoms with E-state index in [0.717, 1.165) is 30.6 Å². The fourth-order valence-corrected chi connectivity index (χ4v) is 3.99. The Morgan fingerprint density at radius 2 is 1.87 bits per heavy atom. The monoisotopic (exact) mass is 404 g/mol. The second kappa shape index (κ2) is 7.81. The molecule has 1 aliphatic carbocycles. The van der Waals surface area contributed by atoms with Crippen molar-refractivity contribution in [2.45, 2.75) is 32.6 Å². The van der Waals surface area contributed by atoms with Crippen molar-refractivity contribution < 1.29 is 5.11 Å². The van der Waals surface area contributed by atoms with Gasteiger partial charge in [0.2, 0.25) is 5.95 Å². The van der Waals surface area contributed by atoms with Gasteiger partial charge in [-0.05, 0) is 44.4 Å². The first kappa shape index (κ1) is 18.7. The average Bonchev–Trinajstić information content (AvgIpc) is 3.61. The molecule has 0 amide bonds. The smallest absolute Gasteiger partial charge is 0.245 e. The van der Waals surface area contributed by atoms with Gasteiger partial charge in [0.05, 0.1) is 36.2 Å². The van der Waals surface area contributed by atoms with Gasteiger partial charge in [-0.25, -0.2) is 15.0 Å². The van der Waals surface area contributed by atoms with Crippen molar-refractivity contribution in [1.29, 1.82) is 0 Å². The number of anilines is 3. The molecule has 3 aromatic rings. The van der Waals surface area contributed by atoms with Gasteiger partial charge in [-0.1, -0.05) is 0 Å². The van der Waals surface area contributed by atoms with Crippen LogP contribution in [0.5, 0.6) is 5.75 Å². The van der Waals surface area contributed by atoms with Gasteiger partial charge in [0.25, 0.3) is 0 Å². The van der Waals surface area contributed by atoms with Gasteiger partial charge in [-0.3, -0.25) is 4.98 Å². The van der Waals surface area contributed by atoms with E-state index >= 15 is 0 Å². The highest BCUT2D eigenvalue weighted by molar-refractivity contribution is 5.66. The first-order valence-corrected chi connectivity index (χ1v) is 10.4. The van der Waals surface area contributed by atoms with E-state index in [9.17, 15) is 5.11 Å². The Hall–Kier alpha value is -3.36. The molecule has 0 bridgehead atoms. The zero-order valence-electron chi connectivity index (χ0n) is 16.9. The van der Waals surface area contributed by atoms with Gasteiger partial charge in [-0.15, -0.1) is 10.2 Å². The summed E-state index contributed by atoms with van der Waals surface area (Å²) in [5.74, 6) is 2.87. The van der Waals surface area contributed by atoms with Crippen molar-refractivity contribution in [3.8, 4) is 17.1 Å². The molecule has 9 heteroatoms. The maximum Gasteiger partial charge on any atom is 0.245 e. The molecular weight excluding hydrogens is 380 g/mol. The van der Waals surface area contributed by atoms with E-state index in [1.165, 1.54) is 25.7 Å². The summed E-state index contributed by atoms with van der Waals surface area (Å²) in [5.41, 5.74) is 2.22. The number of hydrogen-bond donors (Lipinski definition) is 2. The van der Waals surface area contributed by atoms with Crippen molar-refractivity contribution in [3.05, 3.63) is 36.5 Å². The number of pyridine rings is 1. The molecule has 0 radical (unpaired) electrons. The fraction of sp³-hybridized carbons (Fsp3) is 0.429. The zero-order valence-corrected chi connectivity index (χ0v) is 16.9. The molecule has 1 atom stereocenters. The van der Waals surface area contributed by atoms with E-state index in [4.69, 9.17) is 0 Å². The second-order valence-electron chi connectivity index (χ2n) is 8.09. The third kappa shape index (κ3) is 4.00. The summed E-state index contributed by atoms with van der Waals surface area (Å²) in [4.78, 5) is 19.5. The molecule has 1 saturated carbocycles. The van der Waals surface area contributed by atoms with Crippen LogP contribution in [-0.2, 0) is 0 Å². The SMILES string of the molecule is Cc1cnc(Nc2cnc(-c3cnc(N4CCC[C@@H](C5CC5)C4)nn3)c(O)c2)cn1. The van der Waals surface area contributed by atoms with E-state index in [2.05, 4.69) is 40.3 Å². The molecule has 2 N–H and O–H groups in total. The predicted octanol–water partition coefficient (Wildman–Crippen LogP) is 3.11. The van der Waals surface area contributed by atoms with Crippen LogP contribution in [0.3, 0.4) is 0 Å². The minimum atomic E-state index is -0.00399. The van der Waals surface area contributed by atoms with Gasteiger partial charge >= 0.3 is 0 Å². The summed E-state index contributed by atoms with van der Waals surface area (Å²) in [5, 5.41) is 22.1. The number of nitrogens with one attached hydrogen (secondary N) is 1. The Balaban J connectivity index is 1.29. The average molecular weight is 404 g/mol. The van der Waals surface area contributed by atoms with Crippen LogP contribution in [0.4, 0.5) is 17.5 Å². The molecule has 1 aliphatic heterocycles. The van der Waals surface area contributed by atoms with Gasteiger partial charge in [0.1, 0.15) is 23.0 Å². The van der Waals surface area contributed by atoms with Crippen molar-refractivity contribution in [1.82, 2.24) is 30.1 Å². The van der Waals surface area contributed by atoms with Crippen molar-refractivity contribution in [3.63, 3.8) is 0 Å². The van der Waals surface area contributed by atoms with Gasteiger partial charge in [0.15, 0.2) is 0 Å². The van der Waals surface area contributed by atoms with Crippen LogP contribution >= 0.6 is 0 Å². The van der Waals surface area contributed by atoms with Gasteiger partial charge in [0, 0.05) is 19.2 Å². The minimum Gasteiger partial charge on any atom is -0.506 e. The number of aromatic hydroxyl groups is 1. The normalized spacial score (nSPS) is 19.0. The molecule has 5 rings (SSSR count). The standard InChI is InChI=1S/C21H24N8O/c1-13-8-23-19(11-22-13)26-16-7-18(30)20(24-9-16)17-10-25-21(28-27-17)29-6-2-3-15(12-29)14-4-5-14/h7-11,14-15,30H,2-6,12H2,1H3,(H,23,26)/t15-/m1/s1. The summed E-state index contributed by atoms with van der Waals surface area (Å²) in [6.07, 6.45) is 11.7. The van der Waals surface area contributed by atoms with Crippen LogP contribution in [0.2, 0.25) is 0 Å². The van der Waals surface area contributed by atoms with Crippen LogP contribution in [0.1, 0.15) is 31.4 Å². The Kier molecular flexibility index (Phi) is 4.86. The maximum absolute atomic E-state index is 10.4. The maximum atomic E-state index is 10.4. The highest BCUT2D eigenvalue weighted by Gasteiger charge is 2.34. The van der Waals surface area contributed by atoms with Crippen LogP contribution in [0.15, 0.2) is 30.9 Å². The third-order valence-corrected chi connectivity index (χ3v) is 5.74. The van der Waals surface area contributed by atoms with E-state index in [1.807, 2.05) is 6.92 Å². The van der Waals surface area contributed by atoms with Crippen LogP contribution in [-0.4, -0.2) is 48.3 Å². The summed E-state index contributed by atoms with van der Waals surface area (Å²) < 4.78 is 0. The quantitative estimate of drug-likeness (QED) is 0.662. The van der Waals surface area contributed by atoms with Crippen LogP contribution in [0.25, 0.3) is 11.4 Å². The largest absolute Gasteiger partial charge is 0.506 e. The molecule has 0 unspecified atom stereocenters. The minimum absolute atomic E-state index is 0.00399. The lowest BCUT2D eigenvalue weighted by Crippen LogP contribution is -2.37. The molecule has 0 spiro atoms. The summed E-state index contributed by atoms with van der Waals surface area (Å²) in [7, 11) is 0. The molecule has 9 nitrogen and oxygen atoms in total. The lowest BCUT2D eigenvalue weighted by atomic mass is 9.94. The van der Waals surface area contributed by atoms with Crippen molar-refractivity contribution in [2.75, 3.05) is 23.3 Å². The number of aryl methyl sites for hydroxylation is 1. The molecule has 2 fully saturated rings. The molecule has 154 valence electrons. The molecule has 1 saturated heterocycles. The second-order valence-corrected chi connectivity index (χ2v) is 8.09. The van der Waals surface area contributed by atoms with Crippen LogP contribution in [0, 0.1) is 18.8 Å². The third-order valence-electron chi connectivity index (χ3n) is 5.74. The van der Waals surface area contributed by atoms with Gasteiger partial charge < -0.3 is 15.3 Å². The van der Waals surface area contributed by atoms with E-state index in [1.54, 1.807) is 30.9 Å². The highest BCUT2D eigenvalue weighted by Crippen LogP contribution is 2.41. The number of hydrogen-bond acceptors (Lipinski definition) is 9. The topological polar surface area (TPSA) is 113 Å². The number of aromatic nitrogens is 6. The molecule has 2 aliphatic rings. The Morgan fingerprint density at radius 3 is 2.57 bits per heavy atom. The first-order chi connectivity index (χ1) is 14.7. The fourth-order valence-electron chi connectivity index (χ4n) is 3.99. The highest BCUT2D eigenvalue weighted by atomic mass is 16.3. The number of piperidine rings is 1. The summed E-state index contributed by atoms with van der Waals surface area (Å²) >= 11 is 0.